The number of hydrogen-bond donors (Lipinski definition) is 3. The molecule has 1 aliphatic heterocycles. The van der Waals surface area contributed by atoms with Crippen molar-refractivity contribution in [1.29, 1.82) is 0 Å². The first-order valence-corrected chi connectivity index (χ1v) is 12.1. The van der Waals surface area contributed by atoms with E-state index in [1.807, 2.05) is 13.0 Å². The zero-order chi connectivity index (χ0) is 26.3. The summed E-state index contributed by atoms with van der Waals surface area (Å²) in [7, 11) is 0. The summed E-state index contributed by atoms with van der Waals surface area (Å²) in [5, 5.41) is 12.6. The molecule has 3 rings (SSSR count). The molecular weight excluding hydrogens is 475 g/mol. The molecule has 4 N–H and O–H groups in total. The first-order chi connectivity index (χ1) is 17.1. The topological polar surface area (TPSA) is 97.1 Å². The Morgan fingerprint density at radius 3 is 2.58 bits per heavy atom. The van der Waals surface area contributed by atoms with Crippen molar-refractivity contribution in [2.75, 3.05) is 37.8 Å². The number of ether oxygens (including phenoxy) is 2. The van der Waals surface area contributed by atoms with Crippen molar-refractivity contribution >= 4 is 11.6 Å². The molecule has 1 heterocycles. The fourth-order valence-electron chi connectivity index (χ4n) is 4.52. The van der Waals surface area contributed by atoms with Gasteiger partial charge in [0.25, 0.3) is 5.91 Å². The minimum absolute atomic E-state index is 0.0438. The van der Waals surface area contributed by atoms with Gasteiger partial charge < -0.3 is 30.5 Å². The number of rotatable bonds is 13. The molecule has 0 bridgehead atoms. The molecule has 10 heteroatoms. The van der Waals surface area contributed by atoms with Crippen LogP contribution in [0.15, 0.2) is 36.4 Å². The van der Waals surface area contributed by atoms with E-state index < -0.39 is 18.7 Å². The number of hydrogen-bond acceptors (Lipinski definition) is 6. The van der Waals surface area contributed by atoms with E-state index in [4.69, 9.17) is 15.2 Å². The highest BCUT2D eigenvalue weighted by Crippen LogP contribution is 2.37. The number of carbonyl (C=O) groups excluding carboxylic acids is 1. The number of para-hydroxylation sites is 2. The van der Waals surface area contributed by atoms with E-state index in [0.717, 1.165) is 23.2 Å². The average molecular weight is 510 g/mol. The Labute approximate surface area is 209 Å². The molecule has 7 nitrogen and oxygen atoms in total. The van der Waals surface area contributed by atoms with E-state index in [2.05, 4.69) is 23.2 Å². The minimum atomic E-state index is -4.42. The minimum Gasteiger partial charge on any atom is -0.488 e. The van der Waals surface area contributed by atoms with Gasteiger partial charge in [-0.3, -0.25) is 4.79 Å². The quantitative estimate of drug-likeness (QED) is 0.358. The predicted octanol–water partition coefficient (Wildman–Crippen LogP) is 3.46. The molecule has 0 aromatic heterocycles. The first kappa shape index (κ1) is 27.6. The third kappa shape index (κ3) is 7.51. The lowest BCUT2D eigenvalue weighted by atomic mass is 9.97. The SMILES string of the molecule is CC(Cc1cc2c(c(C(N)=O)c1)N(CCCO)C(C)C2)NCCOc1ccccc1OCC(F)(F)F. The van der Waals surface area contributed by atoms with Crippen molar-refractivity contribution in [3.63, 3.8) is 0 Å². The maximum Gasteiger partial charge on any atom is 0.422 e. The van der Waals surface area contributed by atoms with Crippen molar-refractivity contribution in [3.8, 4) is 11.5 Å². The van der Waals surface area contributed by atoms with Crippen LogP contribution in [0.3, 0.4) is 0 Å². The van der Waals surface area contributed by atoms with Gasteiger partial charge in [0, 0.05) is 31.8 Å². The van der Waals surface area contributed by atoms with Crippen LogP contribution in [-0.2, 0) is 12.8 Å². The van der Waals surface area contributed by atoms with Crippen LogP contribution >= 0.6 is 0 Å². The van der Waals surface area contributed by atoms with Gasteiger partial charge in [-0.25, -0.2) is 0 Å². The molecule has 2 aromatic rings. The van der Waals surface area contributed by atoms with Crippen LogP contribution in [0.1, 0.15) is 41.8 Å². The maximum atomic E-state index is 12.5. The van der Waals surface area contributed by atoms with E-state index in [1.165, 1.54) is 6.07 Å². The molecule has 0 aliphatic carbocycles. The predicted molar refractivity (Wildman–Crippen MR) is 132 cm³/mol. The second kappa shape index (κ2) is 12.3. The van der Waals surface area contributed by atoms with E-state index >= 15 is 0 Å². The Hall–Kier alpha value is -2.98. The molecule has 2 atom stereocenters. The number of aliphatic hydroxyl groups is 1. The molecule has 2 aromatic carbocycles. The van der Waals surface area contributed by atoms with E-state index in [1.54, 1.807) is 18.2 Å². The summed E-state index contributed by atoms with van der Waals surface area (Å²) in [5.74, 6) is -0.181. The number of alkyl halides is 3. The molecular formula is C26H34F3N3O4. The van der Waals surface area contributed by atoms with Gasteiger partial charge in [0.15, 0.2) is 18.1 Å². The van der Waals surface area contributed by atoms with Crippen LogP contribution in [0.2, 0.25) is 0 Å². The lowest BCUT2D eigenvalue weighted by Crippen LogP contribution is -2.33. The van der Waals surface area contributed by atoms with Gasteiger partial charge in [-0.15, -0.1) is 0 Å². The molecule has 1 aliphatic rings. The second-order valence-electron chi connectivity index (χ2n) is 9.10. The van der Waals surface area contributed by atoms with Crippen molar-refractivity contribution < 1.29 is 32.5 Å². The summed E-state index contributed by atoms with van der Waals surface area (Å²) in [6.45, 7) is 4.17. The maximum absolute atomic E-state index is 12.5. The van der Waals surface area contributed by atoms with Gasteiger partial charge in [0.05, 0.1) is 11.3 Å². The highest BCUT2D eigenvalue weighted by molar-refractivity contribution is 6.00. The van der Waals surface area contributed by atoms with Gasteiger partial charge >= 0.3 is 6.18 Å². The number of nitrogens with two attached hydrogens (primary N) is 1. The number of nitrogens with zero attached hydrogens (tertiary/aromatic N) is 1. The summed E-state index contributed by atoms with van der Waals surface area (Å²) in [4.78, 5) is 14.4. The van der Waals surface area contributed by atoms with Gasteiger partial charge in [-0.1, -0.05) is 18.2 Å². The van der Waals surface area contributed by atoms with Crippen molar-refractivity contribution in [3.05, 3.63) is 53.1 Å². The highest BCUT2D eigenvalue weighted by atomic mass is 19.4. The molecule has 0 saturated heterocycles. The Balaban J connectivity index is 1.56. The fourth-order valence-corrected chi connectivity index (χ4v) is 4.52. The molecule has 2 unspecified atom stereocenters. The molecule has 0 spiro atoms. The third-order valence-electron chi connectivity index (χ3n) is 6.04. The van der Waals surface area contributed by atoms with Crippen molar-refractivity contribution in [1.82, 2.24) is 5.32 Å². The third-order valence-corrected chi connectivity index (χ3v) is 6.04. The second-order valence-corrected chi connectivity index (χ2v) is 9.10. The van der Waals surface area contributed by atoms with Crippen LogP contribution in [0.4, 0.5) is 18.9 Å². The Kier molecular flexibility index (Phi) is 9.44. The normalized spacial score (nSPS) is 16.1. The summed E-state index contributed by atoms with van der Waals surface area (Å²) < 4.78 is 47.9. The van der Waals surface area contributed by atoms with Crippen LogP contribution in [0.5, 0.6) is 11.5 Å². The van der Waals surface area contributed by atoms with Gasteiger partial charge in [-0.05, 0) is 62.4 Å². The Morgan fingerprint density at radius 1 is 1.25 bits per heavy atom. The van der Waals surface area contributed by atoms with Gasteiger partial charge in [0.2, 0.25) is 0 Å². The number of benzene rings is 2. The van der Waals surface area contributed by atoms with Crippen molar-refractivity contribution in [2.24, 2.45) is 5.73 Å². The molecule has 198 valence electrons. The smallest absolute Gasteiger partial charge is 0.422 e. The number of fused-ring (bicyclic) bond motifs is 1. The molecule has 1 amide bonds. The molecule has 36 heavy (non-hydrogen) atoms. The zero-order valence-corrected chi connectivity index (χ0v) is 20.6. The fraction of sp³-hybridized carbons (Fsp3) is 0.500. The number of carbonyl (C=O) groups is 1. The van der Waals surface area contributed by atoms with E-state index in [0.29, 0.717) is 31.5 Å². The summed E-state index contributed by atoms with van der Waals surface area (Å²) in [6, 6.07) is 10.5. The molecule has 0 saturated carbocycles. The van der Waals surface area contributed by atoms with Crippen LogP contribution < -0.4 is 25.4 Å². The number of anilines is 1. The number of halogens is 3. The van der Waals surface area contributed by atoms with Gasteiger partial charge in [-0.2, -0.15) is 13.2 Å². The highest BCUT2D eigenvalue weighted by Gasteiger charge is 2.31. The summed E-state index contributed by atoms with van der Waals surface area (Å²) >= 11 is 0. The average Bonchev–Trinajstić information content (AvgIpc) is 3.13. The number of primary amides is 1. The zero-order valence-electron chi connectivity index (χ0n) is 20.6. The Morgan fingerprint density at radius 2 is 1.94 bits per heavy atom. The van der Waals surface area contributed by atoms with Gasteiger partial charge in [0.1, 0.15) is 6.61 Å². The van der Waals surface area contributed by atoms with Crippen LogP contribution in [0, 0.1) is 0 Å². The van der Waals surface area contributed by atoms with Crippen molar-refractivity contribution in [2.45, 2.75) is 51.4 Å². The largest absolute Gasteiger partial charge is 0.488 e. The lowest BCUT2D eigenvalue weighted by Gasteiger charge is -2.26. The summed E-state index contributed by atoms with van der Waals surface area (Å²) in [5.41, 5.74) is 9.15. The number of aliphatic hydroxyl groups excluding tert-OH is 1. The van der Waals surface area contributed by atoms with E-state index in [-0.39, 0.29) is 36.8 Å². The van der Waals surface area contributed by atoms with E-state index in [9.17, 15) is 23.1 Å². The molecule has 0 radical (unpaired) electrons. The summed E-state index contributed by atoms with van der Waals surface area (Å²) in [6.07, 6.45) is -2.35. The number of nitrogens with one attached hydrogen (secondary N) is 1. The lowest BCUT2D eigenvalue weighted by molar-refractivity contribution is -0.153. The van der Waals surface area contributed by atoms with Crippen LogP contribution in [0.25, 0.3) is 0 Å². The monoisotopic (exact) mass is 509 g/mol. The van der Waals surface area contributed by atoms with Crippen LogP contribution in [-0.4, -0.2) is 62.2 Å². The standard InChI is InChI=1S/C26H34F3N3O4/c1-17(31-8-11-35-22-6-3-4-7-23(22)36-16-26(27,28)29)12-19-14-20-13-18(2)32(9-5-10-33)24(20)21(15-19)25(30)34/h3-4,6-7,14-15,17-18,31,33H,5,8-13,16H2,1-2H3,(H2,30,34). The number of amides is 1. The first-order valence-electron chi connectivity index (χ1n) is 12.1. The Bertz CT molecular complexity index is 1030. The molecule has 0 fully saturated rings.